The molecule has 2 N–H and O–H groups in total. The maximum atomic E-state index is 12.6. The van der Waals surface area contributed by atoms with Crippen LogP contribution in [0.15, 0.2) is 17.5 Å². The van der Waals surface area contributed by atoms with Gasteiger partial charge in [0, 0.05) is 26.1 Å². The van der Waals surface area contributed by atoms with Crippen LogP contribution in [-0.4, -0.2) is 34.4 Å². The maximum Gasteiger partial charge on any atom is 0.270 e. The largest absolute Gasteiger partial charge is 0.369 e. The third-order valence-electron chi connectivity index (χ3n) is 4.07. The maximum absolute atomic E-state index is 12.6. The van der Waals surface area contributed by atoms with Gasteiger partial charge in [0.25, 0.3) is 5.91 Å². The monoisotopic (exact) mass is 291 g/mol. The molecule has 2 aromatic heterocycles. The molecule has 0 radical (unpaired) electrons. The number of amides is 2. The predicted molar refractivity (Wildman–Crippen MR) is 78.6 cm³/mol. The summed E-state index contributed by atoms with van der Waals surface area (Å²) in [5.74, 6) is -0.300. The van der Waals surface area contributed by atoms with Crippen LogP contribution in [0.2, 0.25) is 0 Å². The molecule has 0 spiro atoms. The standard InChI is InChI=1S/C14H17N3O2S/c1-16-10-4-7-20-12(10)8-11(16)14(19)17-5-2-9(3-6-17)13(15)18/h4,7-9H,2-3,5-6H2,1H3,(H2,15,18). The summed E-state index contributed by atoms with van der Waals surface area (Å²) in [7, 11) is 1.92. The van der Waals surface area contributed by atoms with Crippen molar-refractivity contribution in [3.05, 3.63) is 23.2 Å². The third kappa shape index (κ3) is 2.10. The molecule has 1 aliphatic rings. The number of aromatic nitrogens is 1. The number of nitrogens with zero attached hydrogens (tertiary/aromatic N) is 2. The Balaban J connectivity index is 1.78. The van der Waals surface area contributed by atoms with Gasteiger partial charge in [0.1, 0.15) is 5.69 Å². The second-order valence-corrected chi connectivity index (χ2v) is 6.18. The summed E-state index contributed by atoms with van der Waals surface area (Å²) in [6.45, 7) is 1.20. The highest BCUT2D eigenvalue weighted by Gasteiger charge is 2.27. The lowest BCUT2D eigenvalue weighted by atomic mass is 9.96. The normalized spacial score (nSPS) is 16.8. The van der Waals surface area contributed by atoms with E-state index in [1.165, 1.54) is 0 Å². The van der Waals surface area contributed by atoms with E-state index in [0.717, 1.165) is 10.2 Å². The molecule has 2 aromatic rings. The Kier molecular flexibility index (Phi) is 3.25. The summed E-state index contributed by atoms with van der Waals surface area (Å²) >= 11 is 1.64. The number of hydrogen-bond acceptors (Lipinski definition) is 3. The summed E-state index contributed by atoms with van der Waals surface area (Å²) in [4.78, 5) is 25.5. The molecule has 0 aromatic carbocycles. The highest BCUT2D eigenvalue weighted by molar-refractivity contribution is 7.17. The Labute approximate surface area is 121 Å². The Morgan fingerprint density at radius 2 is 2.05 bits per heavy atom. The summed E-state index contributed by atoms with van der Waals surface area (Å²) in [5, 5.41) is 2.03. The quantitative estimate of drug-likeness (QED) is 0.912. The average Bonchev–Trinajstić information content (AvgIpc) is 3.02. The van der Waals surface area contributed by atoms with Crippen molar-refractivity contribution in [3.8, 4) is 0 Å². The zero-order valence-corrected chi connectivity index (χ0v) is 12.2. The van der Waals surface area contributed by atoms with Gasteiger partial charge in [0.2, 0.25) is 5.91 Å². The van der Waals surface area contributed by atoms with Gasteiger partial charge in [0.05, 0.1) is 10.2 Å². The number of piperidine rings is 1. The van der Waals surface area contributed by atoms with Gasteiger partial charge in [-0.15, -0.1) is 11.3 Å². The summed E-state index contributed by atoms with van der Waals surface area (Å²) < 4.78 is 3.07. The Morgan fingerprint density at radius 3 is 2.65 bits per heavy atom. The van der Waals surface area contributed by atoms with Crippen LogP contribution in [0.5, 0.6) is 0 Å². The SMILES string of the molecule is Cn1c(C(=O)N2CCC(C(N)=O)CC2)cc2sccc21. The molecule has 0 saturated carbocycles. The number of hydrogen-bond donors (Lipinski definition) is 1. The van der Waals surface area contributed by atoms with Gasteiger partial charge in [-0.2, -0.15) is 0 Å². The Bertz CT molecular complexity index is 665. The molecule has 6 heteroatoms. The zero-order valence-electron chi connectivity index (χ0n) is 11.3. The highest BCUT2D eigenvalue weighted by Crippen LogP contribution is 2.26. The molecule has 106 valence electrons. The molecule has 0 atom stereocenters. The minimum absolute atomic E-state index is 0.0406. The molecule has 1 aliphatic heterocycles. The number of fused-ring (bicyclic) bond motifs is 1. The van der Waals surface area contributed by atoms with E-state index in [9.17, 15) is 9.59 Å². The third-order valence-corrected chi connectivity index (χ3v) is 4.92. The van der Waals surface area contributed by atoms with E-state index in [2.05, 4.69) is 0 Å². The molecule has 1 saturated heterocycles. The van der Waals surface area contributed by atoms with Crippen molar-refractivity contribution in [1.29, 1.82) is 0 Å². The second kappa shape index (κ2) is 4.94. The van der Waals surface area contributed by atoms with Gasteiger partial charge in [0.15, 0.2) is 0 Å². The molecular formula is C14H17N3O2S. The second-order valence-electron chi connectivity index (χ2n) is 5.23. The molecule has 2 amide bonds. The van der Waals surface area contributed by atoms with Crippen LogP contribution in [0, 0.1) is 5.92 Å². The van der Waals surface area contributed by atoms with E-state index in [1.807, 2.05) is 34.0 Å². The first-order chi connectivity index (χ1) is 9.58. The fourth-order valence-corrected chi connectivity index (χ4v) is 3.63. The average molecular weight is 291 g/mol. The fraction of sp³-hybridized carbons (Fsp3) is 0.429. The number of rotatable bonds is 2. The highest BCUT2D eigenvalue weighted by atomic mass is 32.1. The topological polar surface area (TPSA) is 68.3 Å². The lowest BCUT2D eigenvalue weighted by Gasteiger charge is -2.30. The van der Waals surface area contributed by atoms with Gasteiger partial charge in [-0.1, -0.05) is 0 Å². The van der Waals surface area contributed by atoms with E-state index in [1.54, 1.807) is 11.3 Å². The molecule has 1 fully saturated rings. The smallest absolute Gasteiger partial charge is 0.270 e. The summed E-state index contributed by atoms with van der Waals surface area (Å²) in [6, 6.07) is 3.97. The molecule has 3 heterocycles. The van der Waals surface area contributed by atoms with Gasteiger partial charge in [-0.3, -0.25) is 9.59 Å². The molecule has 0 aliphatic carbocycles. The van der Waals surface area contributed by atoms with Crippen molar-refractivity contribution in [2.75, 3.05) is 13.1 Å². The van der Waals surface area contributed by atoms with Crippen LogP contribution in [0.3, 0.4) is 0 Å². The number of carbonyl (C=O) groups is 2. The van der Waals surface area contributed by atoms with Crippen molar-refractivity contribution in [1.82, 2.24) is 9.47 Å². The van der Waals surface area contributed by atoms with Crippen LogP contribution in [0.1, 0.15) is 23.3 Å². The molecule has 20 heavy (non-hydrogen) atoms. The van der Waals surface area contributed by atoms with Gasteiger partial charge < -0.3 is 15.2 Å². The van der Waals surface area contributed by atoms with E-state index in [0.29, 0.717) is 31.6 Å². The first-order valence-corrected chi connectivity index (χ1v) is 7.57. The minimum atomic E-state index is -0.253. The lowest BCUT2D eigenvalue weighted by molar-refractivity contribution is -0.123. The van der Waals surface area contributed by atoms with E-state index >= 15 is 0 Å². The number of nitrogens with two attached hydrogens (primary N) is 1. The number of carbonyl (C=O) groups excluding carboxylic acids is 2. The van der Waals surface area contributed by atoms with E-state index < -0.39 is 0 Å². The van der Waals surface area contributed by atoms with Crippen molar-refractivity contribution >= 4 is 33.4 Å². The number of likely N-dealkylation sites (tertiary alicyclic amines) is 1. The molecular weight excluding hydrogens is 274 g/mol. The number of aryl methyl sites for hydroxylation is 1. The van der Waals surface area contributed by atoms with Crippen LogP contribution >= 0.6 is 11.3 Å². The van der Waals surface area contributed by atoms with Gasteiger partial charge in [-0.05, 0) is 30.4 Å². The number of primary amides is 1. The molecule has 0 bridgehead atoms. The van der Waals surface area contributed by atoms with Gasteiger partial charge in [-0.25, -0.2) is 0 Å². The van der Waals surface area contributed by atoms with Crippen molar-refractivity contribution < 1.29 is 9.59 Å². The first kappa shape index (κ1) is 13.2. The van der Waals surface area contributed by atoms with Crippen LogP contribution in [0.4, 0.5) is 0 Å². The number of thiophene rings is 1. The van der Waals surface area contributed by atoms with Crippen molar-refractivity contribution in [3.63, 3.8) is 0 Å². The minimum Gasteiger partial charge on any atom is -0.369 e. The zero-order chi connectivity index (χ0) is 14.3. The van der Waals surface area contributed by atoms with Crippen LogP contribution < -0.4 is 5.73 Å². The lowest BCUT2D eigenvalue weighted by Crippen LogP contribution is -2.42. The van der Waals surface area contributed by atoms with Gasteiger partial charge >= 0.3 is 0 Å². The van der Waals surface area contributed by atoms with Crippen LogP contribution in [0.25, 0.3) is 10.2 Å². The Hall–Kier alpha value is -1.82. The Morgan fingerprint density at radius 1 is 1.35 bits per heavy atom. The molecule has 3 rings (SSSR count). The van der Waals surface area contributed by atoms with Crippen molar-refractivity contribution in [2.24, 2.45) is 18.7 Å². The first-order valence-electron chi connectivity index (χ1n) is 6.69. The molecule has 5 nitrogen and oxygen atoms in total. The van der Waals surface area contributed by atoms with E-state index in [-0.39, 0.29) is 17.7 Å². The van der Waals surface area contributed by atoms with E-state index in [4.69, 9.17) is 5.73 Å². The summed E-state index contributed by atoms with van der Waals surface area (Å²) in [6.07, 6.45) is 1.33. The fourth-order valence-electron chi connectivity index (χ4n) is 2.78. The predicted octanol–water partition coefficient (Wildman–Crippen LogP) is 1.58. The van der Waals surface area contributed by atoms with Crippen LogP contribution in [-0.2, 0) is 11.8 Å². The van der Waals surface area contributed by atoms with Crippen molar-refractivity contribution in [2.45, 2.75) is 12.8 Å². The molecule has 0 unspecified atom stereocenters. The summed E-state index contributed by atoms with van der Waals surface area (Å²) in [5.41, 5.74) is 7.12.